The summed E-state index contributed by atoms with van der Waals surface area (Å²) in [5.74, 6) is 1.79. The topological polar surface area (TPSA) is 35.5 Å². The van der Waals surface area contributed by atoms with Crippen molar-refractivity contribution in [3.8, 4) is 0 Å². The van der Waals surface area contributed by atoms with E-state index in [0.29, 0.717) is 23.2 Å². The highest BCUT2D eigenvalue weighted by Gasteiger charge is 2.62. The molecule has 0 aromatic heterocycles. The van der Waals surface area contributed by atoms with Crippen molar-refractivity contribution < 1.29 is 14.3 Å². The van der Waals surface area contributed by atoms with E-state index in [1.54, 1.807) is 5.57 Å². The summed E-state index contributed by atoms with van der Waals surface area (Å²) in [7, 11) is 0. The van der Waals surface area contributed by atoms with E-state index >= 15 is 0 Å². The molecule has 0 N–H and O–H groups in total. The minimum Gasteiger partial charge on any atom is -0.482 e. The van der Waals surface area contributed by atoms with Gasteiger partial charge in [0.2, 0.25) is 5.60 Å². The van der Waals surface area contributed by atoms with Crippen LogP contribution in [0.25, 0.3) is 0 Å². The van der Waals surface area contributed by atoms with Gasteiger partial charge in [0.15, 0.2) is 0 Å². The Bertz CT molecular complexity index is 929. The minimum absolute atomic E-state index is 0.0209. The SMILES string of the molecule is C=C1CCCC2(C)CCC(C3=COC4(CC3)C(=O)OC3CC5(C)CCCC(C)C5=CC34)CC12. The number of fused-ring (bicyclic) bond motifs is 4. The van der Waals surface area contributed by atoms with Crippen molar-refractivity contribution in [1.29, 1.82) is 0 Å². The molecule has 0 aromatic rings. The second kappa shape index (κ2) is 7.49. The first-order valence-corrected chi connectivity index (χ1v) is 13.7. The van der Waals surface area contributed by atoms with E-state index in [1.165, 1.54) is 68.9 Å². The normalized spacial score (nSPS) is 49.2. The number of rotatable bonds is 1. The number of ether oxygens (including phenoxy) is 2. The third-order valence-electron chi connectivity index (χ3n) is 11.0. The van der Waals surface area contributed by atoms with Crippen LogP contribution in [-0.2, 0) is 14.3 Å². The molecular formula is C30H42O3. The standard InChI is InChI=1S/C30H42O3/c1-19-7-5-11-28(3)13-9-21(15-23(19)28)22-10-14-30(32-18-22)25-16-24-20(2)8-6-12-29(24,4)17-26(25)33-27(30)31/h16,18,20-21,23,25-26H,1,5-15,17H2,2-4H3. The monoisotopic (exact) mass is 450 g/mol. The van der Waals surface area contributed by atoms with Gasteiger partial charge in [-0.1, -0.05) is 51.0 Å². The Morgan fingerprint density at radius 1 is 1.06 bits per heavy atom. The number of esters is 1. The molecule has 0 radical (unpaired) electrons. The van der Waals surface area contributed by atoms with Gasteiger partial charge >= 0.3 is 5.97 Å². The zero-order chi connectivity index (χ0) is 23.0. The summed E-state index contributed by atoms with van der Waals surface area (Å²) >= 11 is 0. The molecule has 0 aromatic carbocycles. The van der Waals surface area contributed by atoms with E-state index in [2.05, 4.69) is 33.4 Å². The maximum absolute atomic E-state index is 13.2. The average molecular weight is 451 g/mol. The lowest BCUT2D eigenvalue weighted by Crippen LogP contribution is -2.48. The molecule has 3 saturated carbocycles. The predicted octanol–water partition coefficient (Wildman–Crippen LogP) is 7.28. The maximum Gasteiger partial charge on any atom is 0.351 e. The first kappa shape index (κ1) is 22.0. The lowest BCUT2D eigenvalue weighted by Gasteiger charge is -2.50. The number of hydrogen-bond acceptors (Lipinski definition) is 3. The number of carbonyl (C=O) groups is 1. The molecule has 6 rings (SSSR count). The second-order valence-electron chi connectivity index (χ2n) is 13.0. The van der Waals surface area contributed by atoms with Crippen LogP contribution in [0.4, 0.5) is 0 Å². The van der Waals surface area contributed by atoms with E-state index in [1.807, 2.05) is 6.26 Å². The first-order chi connectivity index (χ1) is 15.7. The minimum atomic E-state index is -0.794. The fraction of sp³-hybridized carbons (Fsp3) is 0.767. The highest BCUT2D eigenvalue weighted by molar-refractivity contribution is 5.83. The van der Waals surface area contributed by atoms with Crippen molar-refractivity contribution >= 4 is 5.97 Å². The van der Waals surface area contributed by atoms with Gasteiger partial charge in [-0.15, -0.1) is 0 Å². The molecule has 2 aliphatic heterocycles. The van der Waals surface area contributed by atoms with Gasteiger partial charge in [-0.3, -0.25) is 0 Å². The summed E-state index contributed by atoms with van der Waals surface area (Å²) in [5, 5.41) is 0. The van der Waals surface area contributed by atoms with Crippen LogP contribution in [0.3, 0.4) is 0 Å². The van der Waals surface area contributed by atoms with Crippen LogP contribution < -0.4 is 0 Å². The van der Waals surface area contributed by atoms with E-state index in [9.17, 15) is 4.79 Å². The van der Waals surface area contributed by atoms with E-state index in [0.717, 1.165) is 19.3 Å². The second-order valence-corrected chi connectivity index (χ2v) is 13.0. The Morgan fingerprint density at radius 3 is 2.70 bits per heavy atom. The van der Waals surface area contributed by atoms with Gasteiger partial charge in [0.25, 0.3) is 0 Å². The van der Waals surface area contributed by atoms with Crippen molar-refractivity contribution in [2.75, 3.05) is 0 Å². The van der Waals surface area contributed by atoms with Gasteiger partial charge in [-0.25, -0.2) is 4.79 Å². The molecule has 3 heteroatoms. The molecular weight excluding hydrogens is 408 g/mol. The van der Waals surface area contributed by atoms with Gasteiger partial charge in [0.05, 0.1) is 12.2 Å². The third kappa shape index (κ3) is 3.23. The van der Waals surface area contributed by atoms with Gasteiger partial charge in [-0.05, 0) is 98.4 Å². The van der Waals surface area contributed by atoms with Crippen molar-refractivity contribution in [1.82, 2.24) is 0 Å². The number of hydrogen-bond donors (Lipinski definition) is 0. The molecule has 2 heterocycles. The van der Waals surface area contributed by atoms with Crippen molar-refractivity contribution in [3.63, 3.8) is 0 Å². The van der Waals surface area contributed by atoms with Crippen LogP contribution in [0.1, 0.15) is 97.8 Å². The smallest absolute Gasteiger partial charge is 0.351 e. The van der Waals surface area contributed by atoms with Crippen LogP contribution in [-0.4, -0.2) is 17.7 Å². The lowest BCUT2D eigenvalue weighted by atomic mass is 9.56. The van der Waals surface area contributed by atoms with Crippen LogP contribution in [0, 0.1) is 34.5 Å². The fourth-order valence-electron chi connectivity index (χ4n) is 8.95. The third-order valence-corrected chi connectivity index (χ3v) is 11.0. The highest BCUT2D eigenvalue weighted by atomic mass is 16.6. The van der Waals surface area contributed by atoms with Gasteiger partial charge in [-0.2, -0.15) is 0 Å². The van der Waals surface area contributed by atoms with Crippen LogP contribution >= 0.6 is 0 Å². The van der Waals surface area contributed by atoms with Gasteiger partial charge in [0, 0.05) is 6.42 Å². The van der Waals surface area contributed by atoms with Crippen LogP contribution in [0.15, 0.2) is 35.6 Å². The van der Waals surface area contributed by atoms with E-state index in [-0.39, 0.29) is 23.4 Å². The van der Waals surface area contributed by atoms with E-state index < -0.39 is 5.60 Å². The Morgan fingerprint density at radius 2 is 1.91 bits per heavy atom. The van der Waals surface area contributed by atoms with Crippen molar-refractivity contribution in [2.45, 2.75) is 110 Å². The summed E-state index contributed by atoms with van der Waals surface area (Å²) in [6.45, 7) is 11.7. The molecule has 1 saturated heterocycles. The molecule has 4 fully saturated rings. The number of allylic oxidation sites excluding steroid dienone is 3. The summed E-state index contributed by atoms with van der Waals surface area (Å²) in [6.07, 6.45) is 18.5. The summed E-state index contributed by atoms with van der Waals surface area (Å²) in [4.78, 5) is 13.2. The maximum atomic E-state index is 13.2. The van der Waals surface area contributed by atoms with Gasteiger partial charge < -0.3 is 9.47 Å². The largest absolute Gasteiger partial charge is 0.482 e. The summed E-state index contributed by atoms with van der Waals surface area (Å²) in [5.41, 5.74) is 4.31. The Labute approximate surface area is 200 Å². The fourth-order valence-corrected chi connectivity index (χ4v) is 8.95. The van der Waals surface area contributed by atoms with E-state index in [4.69, 9.17) is 9.47 Å². The summed E-state index contributed by atoms with van der Waals surface area (Å²) in [6, 6.07) is 0. The molecule has 33 heavy (non-hydrogen) atoms. The van der Waals surface area contributed by atoms with Crippen molar-refractivity contribution in [2.24, 2.45) is 34.5 Å². The Balaban J connectivity index is 1.24. The Hall–Kier alpha value is -1.51. The lowest BCUT2D eigenvalue weighted by molar-refractivity contribution is -0.157. The average Bonchev–Trinajstić information content (AvgIpc) is 3.02. The molecule has 4 aliphatic carbocycles. The zero-order valence-electron chi connectivity index (χ0n) is 21.0. The molecule has 3 nitrogen and oxygen atoms in total. The van der Waals surface area contributed by atoms with Crippen LogP contribution in [0.5, 0.6) is 0 Å². The predicted molar refractivity (Wildman–Crippen MR) is 130 cm³/mol. The Kier molecular flexibility index (Phi) is 4.99. The molecule has 8 atom stereocenters. The molecule has 1 spiro atoms. The summed E-state index contributed by atoms with van der Waals surface area (Å²) < 4.78 is 12.5. The van der Waals surface area contributed by atoms with Gasteiger partial charge in [0.1, 0.15) is 6.10 Å². The molecule has 0 amide bonds. The molecule has 0 bridgehead atoms. The molecule has 8 unspecified atom stereocenters. The first-order valence-electron chi connectivity index (χ1n) is 13.7. The zero-order valence-corrected chi connectivity index (χ0v) is 21.0. The quantitative estimate of drug-likeness (QED) is 0.311. The van der Waals surface area contributed by atoms with Crippen molar-refractivity contribution in [3.05, 3.63) is 35.6 Å². The molecule has 180 valence electrons. The van der Waals surface area contributed by atoms with Crippen LogP contribution in [0.2, 0.25) is 0 Å². The number of carbonyl (C=O) groups excluding carboxylic acids is 1. The highest BCUT2D eigenvalue weighted by Crippen LogP contribution is 2.58. The molecule has 6 aliphatic rings.